The van der Waals surface area contributed by atoms with Crippen LogP contribution in [-0.4, -0.2) is 32.2 Å². The molecule has 2 nitrogen and oxygen atoms in total. The molecule has 1 saturated carbocycles. The average molecular weight is 242 g/mol. The third kappa shape index (κ3) is 1.67. The van der Waals surface area contributed by atoms with Gasteiger partial charge >= 0.3 is 0 Å². The Hall–Kier alpha value is -1.28. The lowest BCUT2D eigenvalue weighted by Gasteiger charge is -2.14. The van der Waals surface area contributed by atoms with E-state index in [2.05, 4.69) is 13.2 Å². The quantitative estimate of drug-likeness (QED) is 0.439. The number of carbonyl (C=O) groups excluding carboxylic acids is 1. The first-order valence-corrected chi connectivity index (χ1v) is 6.07. The lowest BCUT2D eigenvalue weighted by molar-refractivity contribution is -0.126. The number of hydrogen-bond acceptors (Lipinski definition) is 2. The first kappa shape index (κ1) is 14.8. The van der Waals surface area contributed by atoms with Crippen molar-refractivity contribution in [2.24, 2.45) is 0 Å². The van der Waals surface area contributed by atoms with Crippen LogP contribution in [0.25, 0.3) is 0 Å². The summed E-state index contributed by atoms with van der Waals surface area (Å²) in [5.74, 6) is -0.254. The van der Waals surface area contributed by atoms with Crippen LogP contribution in [0.15, 0.2) is 49.1 Å². The summed E-state index contributed by atoms with van der Waals surface area (Å²) in [7, 11) is 3.82. The number of ketones is 1. The molecule has 2 unspecified atom stereocenters. The fourth-order valence-electron chi connectivity index (χ4n) is 2.56. The Morgan fingerprint density at radius 2 is 1.67 bits per heavy atom. The second-order valence-electron chi connectivity index (χ2n) is 5.74. The van der Waals surface area contributed by atoms with E-state index >= 15 is 0 Å². The van der Waals surface area contributed by atoms with Crippen LogP contribution in [0.4, 0.5) is 0 Å². The number of allylic oxidation sites excluding steroid dienone is 5. The molecule has 0 aromatic rings. The van der Waals surface area contributed by atoms with Crippen molar-refractivity contribution in [1.29, 1.82) is 0 Å². The molecule has 1 N–H and O–H groups in total. The number of rotatable bonds is 5. The van der Waals surface area contributed by atoms with Gasteiger partial charge in [0, 0.05) is 5.57 Å². The van der Waals surface area contributed by atoms with Crippen LogP contribution in [0.2, 0.25) is 10.6 Å². The van der Waals surface area contributed by atoms with Gasteiger partial charge in [-0.1, -0.05) is 57.4 Å². The van der Waals surface area contributed by atoms with Crippen LogP contribution in [0.3, 0.4) is 0 Å². The lowest BCUT2D eigenvalue weighted by atomic mass is 9.69. The second-order valence-corrected chi connectivity index (χ2v) is 5.74. The molecule has 1 rings (SSSR count). The van der Waals surface area contributed by atoms with E-state index in [0.29, 0.717) is 5.57 Å². The van der Waals surface area contributed by atoms with Gasteiger partial charge in [-0.05, 0) is 10.6 Å². The Morgan fingerprint density at radius 1 is 1.17 bits per heavy atom. The third-order valence-corrected chi connectivity index (χ3v) is 4.61. The Bertz CT molecular complexity index is 442. The largest absolute Gasteiger partial charge is 0.382 e. The molecule has 1 aliphatic carbocycles. The van der Waals surface area contributed by atoms with Gasteiger partial charge in [-0.3, -0.25) is 4.79 Å². The summed E-state index contributed by atoms with van der Waals surface area (Å²) in [6.07, 6.45) is 8.09. The number of carbonyl (C=O) groups is 1. The van der Waals surface area contributed by atoms with E-state index in [-0.39, 0.29) is 5.78 Å². The van der Waals surface area contributed by atoms with Gasteiger partial charge in [-0.2, -0.15) is 0 Å². The van der Waals surface area contributed by atoms with Crippen molar-refractivity contribution in [3.63, 3.8) is 0 Å². The minimum atomic E-state index is -1.32. The molecular formula is C14H20B2O2. The van der Waals surface area contributed by atoms with Gasteiger partial charge in [-0.15, -0.1) is 0 Å². The predicted octanol–water partition coefficient (Wildman–Crippen LogP) is 0.778. The van der Waals surface area contributed by atoms with E-state index in [1.54, 1.807) is 30.4 Å². The molecule has 0 aromatic carbocycles. The normalized spacial score (nSPS) is 39.6. The van der Waals surface area contributed by atoms with Gasteiger partial charge in [0.15, 0.2) is 5.78 Å². The predicted molar refractivity (Wildman–Crippen MR) is 81.4 cm³/mol. The molecular weight excluding hydrogens is 222 g/mol. The Kier molecular flexibility index (Phi) is 3.64. The maximum atomic E-state index is 12.5. The molecule has 0 aliphatic heterocycles. The highest BCUT2D eigenvalue weighted by Crippen LogP contribution is 2.80. The SMILES string of the molecule is BC1(C)C(B)(C)C1(O)C(=O)C(/C=C\C=C)=C/C=C. The van der Waals surface area contributed by atoms with Crippen LogP contribution < -0.4 is 0 Å². The van der Waals surface area contributed by atoms with Crippen LogP contribution >= 0.6 is 0 Å². The van der Waals surface area contributed by atoms with Crippen LogP contribution in [0.5, 0.6) is 0 Å². The van der Waals surface area contributed by atoms with Gasteiger partial charge in [-0.25, -0.2) is 0 Å². The molecule has 0 saturated heterocycles. The zero-order valence-electron chi connectivity index (χ0n) is 11.7. The van der Waals surface area contributed by atoms with Crippen LogP contribution in [0, 0.1) is 0 Å². The highest BCUT2D eigenvalue weighted by atomic mass is 16.3. The highest BCUT2D eigenvalue weighted by molar-refractivity contribution is 6.39. The molecule has 0 radical (unpaired) electrons. The van der Waals surface area contributed by atoms with Gasteiger partial charge in [0.05, 0.1) is 0 Å². The zero-order chi connectivity index (χ0) is 14.2. The van der Waals surface area contributed by atoms with Crippen molar-refractivity contribution in [2.75, 3.05) is 0 Å². The van der Waals surface area contributed by atoms with Crippen LogP contribution in [0.1, 0.15) is 13.8 Å². The summed E-state index contributed by atoms with van der Waals surface area (Å²) in [4.78, 5) is 12.5. The molecule has 1 fully saturated rings. The molecule has 0 spiro atoms. The number of Topliss-reactive ketones (excluding diaryl/α,β-unsaturated/α-hetero) is 1. The summed E-state index contributed by atoms with van der Waals surface area (Å²) >= 11 is 0. The summed E-state index contributed by atoms with van der Waals surface area (Å²) in [5, 5.41) is 9.80. The molecule has 0 amide bonds. The molecule has 0 bridgehead atoms. The average Bonchev–Trinajstić information content (AvgIpc) is 2.62. The minimum absolute atomic E-state index is 0.254. The van der Waals surface area contributed by atoms with E-state index in [4.69, 9.17) is 0 Å². The fraction of sp³-hybridized carbons (Fsp3) is 0.357. The smallest absolute Gasteiger partial charge is 0.193 e. The standard InChI is InChI=1S/C14H20B2O2/c1-5-7-9-10(8-6-2)11(17)14(18)12(3,15)13(14,4)16/h5-9,18H,1-2,15-16H2,3-4H3/b9-7-,10-8+. The maximum absolute atomic E-state index is 12.5. The van der Waals surface area contributed by atoms with E-state index < -0.39 is 16.2 Å². The van der Waals surface area contributed by atoms with Crippen molar-refractivity contribution < 1.29 is 9.90 Å². The molecule has 4 heteroatoms. The van der Waals surface area contributed by atoms with Crippen molar-refractivity contribution >= 4 is 21.5 Å². The van der Waals surface area contributed by atoms with Gasteiger partial charge in [0.2, 0.25) is 0 Å². The molecule has 94 valence electrons. The number of aliphatic hydroxyl groups is 1. The summed E-state index contributed by atoms with van der Waals surface area (Å²) in [5.41, 5.74) is -0.869. The summed E-state index contributed by atoms with van der Waals surface area (Å²) < 4.78 is 0. The molecule has 0 aromatic heterocycles. The summed E-state index contributed by atoms with van der Waals surface area (Å²) in [6.45, 7) is 11.0. The number of hydrogen-bond donors (Lipinski definition) is 1. The molecule has 0 heterocycles. The Balaban J connectivity index is 3.16. The van der Waals surface area contributed by atoms with E-state index in [1.807, 2.05) is 29.5 Å². The second kappa shape index (κ2) is 4.43. The van der Waals surface area contributed by atoms with E-state index in [0.717, 1.165) is 0 Å². The fourth-order valence-corrected chi connectivity index (χ4v) is 2.56. The zero-order valence-corrected chi connectivity index (χ0v) is 11.7. The van der Waals surface area contributed by atoms with Gasteiger partial charge in [0.1, 0.15) is 21.3 Å². The minimum Gasteiger partial charge on any atom is -0.382 e. The summed E-state index contributed by atoms with van der Waals surface area (Å²) in [6, 6.07) is 0. The van der Waals surface area contributed by atoms with Crippen molar-refractivity contribution in [2.45, 2.75) is 30.1 Å². The molecule has 1 aliphatic rings. The first-order valence-electron chi connectivity index (χ1n) is 6.07. The molecule has 2 atom stereocenters. The van der Waals surface area contributed by atoms with Crippen molar-refractivity contribution in [1.82, 2.24) is 0 Å². The van der Waals surface area contributed by atoms with Crippen molar-refractivity contribution in [3.05, 3.63) is 49.1 Å². The highest BCUT2D eigenvalue weighted by Gasteiger charge is 2.79. The van der Waals surface area contributed by atoms with Crippen LogP contribution in [-0.2, 0) is 4.79 Å². The third-order valence-electron chi connectivity index (χ3n) is 4.61. The van der Waals surface area contributed by atoms with E-state index in [9.17, 15) is 9.90 Å². The topological polar surface area (TPSA) is 37.3 Å². The monoisotopic (exact) mass is 242 g/mol. The lowest BCUT2D eigenvalue weighted by Crippen LogP contribution is -2.30. The Labute approximate surface area is 111 Å². The molecule has 18 heavy (non-hydrogen) atoms. The first-order chi connectivity index (χ1) is 8.18. The van der Waals surface area contributed by atoms with Gasteiger partial charge < -0.3 is 5.11 Å². The van der Waals surface area contributed by atoms with Gasteiger partial charge in [0.25, 0.3) is 0 Å². The Morgan fingerprint density at radius 3 is 2.00 bits per heavy atom. The van der Waals surface area contributed by atoms with E-state index in [1.165, 1.54) is 0 Å². The van der Waals surface area contributed by atoms with Crippen molar-refractivity contribution in [3.8, 4) is 0 Å². The maximum Gasteiger partial charge on any atom is 0.193 e.